The molecule has 12 heavy (non-hydrogen) atoms. The van der Waals surface area contributed by atoms with Crippen molar-refractivity contribution in [3.05, 3.63) is 25.3 Å². The molecular formula is C8H13NO3. The molecule has 0 saturated heterocycles. The van der Waals surface area contributed by atoms with Crippen LogP contribution in [0, 0.1) is 0 Å². The number of likely N-dealkylation sites (N-methyl/N-ethyl adjacent to an activating group) is 1. The third-order valence-electron chi connectivity index (χ3n) is 0.751. The first-order valence-electron chi connectivity index (χ1n) is 3.25. The molecule has 0 atom stereocenters. The first-order chi connectivity index (χ1) is 5.58. The molecule has 2 N–H and O–H groups in total. The molecule has 0 fully saturated rings. The van der Waals surface area contributed by atoms with E-state index in [1.54, 1.807) is 7.05 Å². The lowest BCUT2D eigenvalue weighted by molar-refractivity contribution is -0.136. The van der Waals surface area contributed by atoms with E-state index in [1.165, 1.54) is 12.2 Å². The lowest BCUT2D eigenvalue weighted by Crippen LogP contribution is -2.13. The van der Waals surface area contributed by atoms with Crippen LogP contribution in [-0.2, 0) is 9.59 Å². The summed E-state index contributed by atoms with van der Waals surface area (Å²) in [6.45, 7) is 6.44. The van der Waals surface area contributed by atoms with Crippen molar-refractivity contribution in [2.75, 3.05) is 7.05 Å². The number of carbonyl (C=O) groups is 2. The maximum absolute atomic E-state index is 9.95. The number of rotatable bonds is 3. The van der Waals surface area contributed by atoms with Crippen LogP contribution in [0.2, 0.25) is 0 Å². The number of carbonyl (C=O) groups excluding carboxylic acids is 1. The highest BCUT2D eigenvalue weighted by atomic mass is 16.4. The standard InChI is InChI=1S/C4H7NO.C4H6O2/c1-3-4(6)5-2;1-2-3-4(5)6/h3H,1H2,2H3,(H,5,6);2H,1,3H2,(H,5,6). The van der Waals surface area contributed by atoms with Gasteiger partial charge in [-0.1, -0.05) is 12.7 Å². The number of aliphatic carboxylic acids is 1. The molecule has 0 heterocycles. The first-order valence-corrected chi connectivity index (χ1v) is 3.25. The molecule has 0 rings (SSSR count). The van der Waals surface area contributed by atoms with Gasteiger partial charge in [-0.25, -0.2) is 0 Å². The van der Waals surface area contributed by atoms with E-state index >= 15 is 0 Å². The molecule has 0 aromatic heterocycles. The van der Waals surface area contributed by atoms with E-state index in [0.29, 0.717) is 0 Å². The van der Waals surface area contributed by atoms with Gasteiger partial charge in [0.05, 0.1) is 6.42 Å². The largest absolute Gasteiger partial charge is 0.481 e. The highest BCUT2D eigenvalue weighted by Gasteiger charge is 1.84. The van der Waals surface area contributed by atoms with Crippen LogP contribution in [-0.4, -0.2) is 24.0 Å². The highest BCUT2D eigenvalue weighted by molar-refractivity contribution is 5.86. The summed E-state index contributed by atoms with van der Waals surface area (Å²) in [5.41, 5.74) is 0. The number of carboxylic acid groups (broad SMARTS) is 1. The Labute approximate surface area is 71.6 Å². The monoisotopic (exact) mass is 171 g/mol. The molecule has 0 aromatic carbocycles. The lowest BCUT2D eigenvalue weighted by atomic mass is 10.4. The number of hydrogen-bond acceptors (Lipinski definition) is 2. The molecule has 0 bridgehead atoms. The van der Waals surface area contributed by atoms with Crippen LogP contribution >= 0.6 is 0 Å². The molecular weight excluding hydrogens is 158 g/mol. The second-order valence-electron chi connectivity index (χ2n) is 1.70. The van der Waals surface area contributed by atoms with Gasteiger partial charge in [0.2, 0.25) is 5.91 Å². The Morgan fingerprint density at radius 1 is 1.50 bits per heavy atom. The van der Waals surface area contributed by atoms with E-state index in [0.717, 1.165) is 0 Å². The van der Waals surface area contributed by atoms with Crippen LogP contribution < -0.4 is 5.32 Å². The topological polar surface area (TPSA) is 66.4 Å². The van der Waals surface area contributed by atoms with Gasteiger partial charge >= 0.3 is 5.97 Å². The zero-order valence-corrected chi connectivity index (χ0v) is 7.04. The van der Waals surface area contributed by atoms with Crippen molar-refractivity contribution in [1.82, 2.24) is 5.32 Å². The van der Waals surface area contributed by atoms with E-state index in [9.17, 15) is 9.59 Å². The highest BCUT2D eigenvalue weighted by Crippen LogP contribution is 1.74. The maximum Gasteiger partial charge on any atom is 0.307 e. The zero-order chi connectivity index (χ0) is 9.98. The van der Waals surface area contributed by atoms with Crippen molar-refractivity contribution in [3.63, 3.8) is 0 Å². The third-order valence-corrected chi connectivity index (χ3v) is 0.751. The van der Waals surface area contributed by atoms with Gasteiger partial charge in [0.15, 0.2) is 0 Å². The SMILES string of the molecule is C=CC(=O)NC.C=CCC(=O)O. The average molecular weight is 171 g/mol. The number of nitrogens with one attached hydrogen (secondary N) is 1. The minimum absolute atomic E-state index is 0.0556. The predicted octanol–water partition coefficient (Wildman–Crippen LogP) is 0.565. The second kappa shape index (κ2) is 9.42. The number of hydrogen-bond donors (Lipinski definition) is 2. The quantitative estimate of drug-likeness (QED) is 0.481. The number of carboxylic acids is 1. The molecule has 0 aliphatic heterocycles. The molecule has 0 aromatic rings. The summed E-state index contributed by atoms with van der Waals surface area (Å²) in [7, 11) is 1.56. The summed E-state index contributed by atoms with van der Waals surface area (Å²) in [6.07, 6.45) is 2.63. The van der Waals surface area contributed by atoms with Crippen molar-refractivity contribution < 1.29 is 14.7 Å². The van der Waals surface area contributed by atoms with Gasteiger partial charge in [-0.2, -0.15) is 0 Å². The van der Waals surface area contributed by atoms with E-state index in [2.05, 4.69) is 18.5 Å². The Bertz CT molecular complexity index is 175. The lowest BCUT2D eigenvalue weighted by Gasteiger charge is -1.82. The van der Waals surface area contributed by atoms with Crippen molar-refractivity contribution in [3.8, 4) is 0 Å². The van der Waals surface area contributed by atoms with Crippen molar-refractivity contribution in [2.45, 2.75) is 6.42 Å². The fourth-order valence-corrected chi connectivity index (χ4v) is 0.226. The first kappa shape index (κ1) is 13.0. The van der Waals surface area contributed by atoms with Crippen molar-refractivity contribution in [1.29, 1.82) is 0 Å². The summed E-state index contributed by atoms with van der Waals surface area (Å²) >= 11 is 0. The van der Waals surface area contributed by atoms with E-state index in [4.69, 9.17) is 5.11 Å². The Morgan fingerprint density at radius 2 is 2.00 bits per heavy atom. The molecule has 4 heteroatoms. The smallest absolute Gasteiger partial charge is 0.307 e. The summed E-state index contributed by atoms with van der Waals surface area (Å²) in [6, 6.07) is 0. The van der Waals surface area contributed by atoms with Crippen molar-refractivity contribution in [2.24, 2.45) is 0 Å². The molecule has 4 nitrogen and oxygen atoms in total. The fourth-order valence-electron chi connectivity index (χ4n) is 0.226. The second-order valence-corrected chi connectivity index (χ2v) is 1.70. The van der Waals surface area contributed by atoms with Crippen LogP contribution in [0.1, 0.15) is 6.42 Å². The minimum Gasteiger partial charge on any atom is -0.481 e. The van der Waals surface area contributed by atoms with Gasteiger partial charge in [-0.05, 0) is 6.08 Å². The van der Waals surface area contributed by atoms with Gasteiger partial charge in [0, 0.05) is 7.05 Å². The Kier molecular flexibility index (Phi) is 10.2. The Morgan fingerprint density at radius 3 is 2.00 bits per heavy atom. The molecule has 0 saturated carbocycles. The van der Waals surface area contributed by atoms with Gasteiger partial charge in [-0.15, -0.1) is 6.58 Å². The average Bonchev–Trinajstić information content (AvgIpc) is 2.04. The van der Waals surface area contributed by atoms with E-state index in [-0.39, 0.29) is 12.3 Å². The van der Waals surface area contributed by atoms with Gasteiger partial charge in [0.1, 0.15) is 0 Å². The maximum atomic E-state index is 9.95. The molecule has 0 aliphatic carbocycles. The third kappa shape index (κ3) is 15.8. The van der Waals surface area contributed by atoms with E-state index < -0.39 is 5.97 Å². The van der Waals surface area contributed by atoms with Crippen molar-refractivity contribution >= 4 is 11.9 Å². The fraction of sp³-hybridized carbons (Fsp3) is 0.250. The molecule has 0 aliphatic rings. The Hall–Kier alpha value is -1.58. The Balaban J connectivity index is 0. The van der Waals surface area contributed by atoms with Crippen LogP contribution in [0.15, 0.2) is 25.3 Å². The minimum atomic E-state index is -0.829. The van der Waals surface area contributed by atoms with Gasteiger partial charge in [-0.3, -0.25) is 9.59 Å². The van der Waals surface area contributed by atoms with Crippen LogP contribution in [0.4, 0.5) is 0 Å². The zero-order valence-electron chi connectivity index (χ0n) is 7.04. The molecule has 0 radical (unpaired) electrons. The summed E-state index contributed by atoms with van der Waals surface area (Å²) < 4.78 is 0. The summed E-state index contributed by atoms with van der Waals surface area (Å²) in [4.78, 5) is 19.5. The molecule has 0 spiro atoms. The summed E-state index contributed by atoms with van der Waals surface area (Å²) in [5, 5.41) is 10.2. The van der Waals surface area contributed by atoms with Crippen LogP contribution in [0.3, 0.4) is 0 Å². The van der Waals surface area contributed by atoms with Crippen LogP contribution in [0.5, 0.6) is 0 Å². The molecule has 1 amide bonds. The molecule has 0 unspecified atom stereocenters. The number of amides is 1. The van der Waals surface area contributed by atoms with Gasteiger partial charge in [0.25, 0.3) is 0 Å². The normalized spacial score (nSPS) is 7.08. The van der Waals surface area contributed by atoms with Gasteiger partial charge < -0.3 is 10.4 Å². The molecule has 68 valence electrons. The summed E-state index contributed by atoms with van der Waals surface area (Å²) in [5.74, 6) is -0.972. The van der Waals surface area contributed by atoms with Crippen LogP contribution in [0.25, 0.3) is 0 Å². The van der Waals surface area contributed by atoms with E-state index in [1.807, 2.05) is 0 Å². The predicted molar refractivity (Wildman–Crippen MR) is 46.7 cm³/mol.